The van der Waals surface area contributed by atoms with E-state index in [9.17, 15) is 40.8 Å². The number of ketones is 1. The van der Waals surface area contributed by atoms with Crippen molar-refractivity contribution in [1.82, 2.24) is 5.32 Å². The number of aryl methyl sites for hydroxylation is 2. The third-order valence-corrected chi connectivity index (χ3v) is 10.4. The highest BCUT2D eigenvalue weighted by Gasteiger charge is 2.25. The zero-order valence-corrected chi connectivity index (χ0v) is 36.4. The summed E-state index contributed by atoms with van der Waals surface area (Å²) in [6, 6.07) is 18.3. The number of carbonyl (C=O) groups is 5. The molecule has 342 valence electrons. The second kappa shape index (κ2) is 23.8. The molecular weight excluding hydrogens is 871 g/mol. The molecular formula is C41H49N3O17S2. The highest BCUT2D eigenvalue weighted by atomic mass is 32.2. The molecule has 0 saturated carbocycles. The predicted molar refractivity (Wildman–Crippen MR) is 227 cm³/mol. The monoisotopic (exact) mass is 919 g/mol. The molecule has 0 spiro atoms. The fourth-order valence-electron chi connectivity index (χ4n) is 5.31. The lowest BCUT2D eigenvalue weighted by Gasteiger charge is -2.14. The second-order valence-electron chi connectivity index (χ2n) is 13.4. The normalized spacial score (nSPS) is 11.9. The Balaban J connectivity index is 0.000000480. The second-order valence-corrected chi connectivity index (χ2v) is 16.3. The van der Waals surface area contributed by atoms with Crippen molar-refractivity contribution in [2.45, 2.75) is 68.3 Å². The summed E-state index contributed by atoms with van der Waals surface area (Å²) < 4.78 is 85.3. The van der Waals surface area contributed by atoms with Gasteiger partial charge in [-0.15, -0.1) is 0 Å². The maximum Gasteiger partial charge on any atom is 0.412 e. The molecule has 0 aliphatic rings. The molecule has 20 nitrogen and oxygen atoms in total. The van der Waals surface area contributed by atoms with Crippen molar-refractivity contribution in [3.63, 3.8) is 0 Å². The average molecular weight is 920 g/mol. The van der Waals surface area contributed by atoms with E-state index in [4.69, 9.17) is 34.5 Å². The lowest BCUT2D eigenvalue weighted by atomic mass is 10.0. The van der Waals surface area contributed by atoms with Crippen LogP contribution in [-0.4, -0.2) is 94.0 Å². The summed E-state index contributed by atoms with van der Waals surface area (Å²) in [5, 5.41) is 3.53. The van der Waals surface area contributed by atoms with Gasteiger partial charge in [0.25, 0.3) is 20.2 Å². The number of amides is 1. The topological polar surface area (TPSA) is 340 Å². The number of nitrogens with two attached hydrogens (primary N) is 2. The summed E-state index contributed by atoms with van der Waals surface area (Å²) in [7, 11) is -5.60. The summed E-state index contributed by atoms with van der Waals surface area (Å²) >= 11 is 0. The van der Waals surface area contributed by atoms with Gasteiger partial charge < -0.3 is 45.6 Å². The Labute approximate surface area is 362 Å². The molecule has 1 heterocycles. The van der Waals surface area contributed by atoms with Crippen molar-refractivity contribution >= 4 is 71.8 Å². The van der Waals surface area contributed by atoms with Gasteiger partial charge in [-0.05, 0) is 63.4 Å². The summed E-state index contributed by atoms with van der Waals surface area (Å²) in [6.07, 6.45) is -0.332. The number of esters is 3. The SMILES string of the molecule is COC(=O)[C@@H](N)CCCC(=O)Oc1c2ccccc2c(OC(=O)NCC[C@H](N)C(=O)OC)c2cc(C(C)=O)oc12.Cc1ccc(S(=O)(=O)O)cc1.Cc1ccc(S(=O)(=O)O)cc1.O. The Morgan fingerprint density at radius 1 is 0.698 bits per heavy atom. The molecule has 4 aromatic carbocycles. The maximum atomic E-state index is 12.7. The first kappa shape index (κ1) is 52.9. The van der Waals surface area contributed by atoms with Crippen LogP contribution in [0, 0.1) is 13.8 Å². The Kier molecular flexibility index (Phi) is 20.0. The Hall–Kier alpha value is -6.27. The Morgan fingerprint density at radius 3 is 1.60 bits per heavy atom. The van der Waals surface area contributed by atoms with Gasteiger partial charge in [-0.1, -0.05) is 59.7 Å². The zero-order valence-electron chi connectivity index (χ0n) is 34.8. The minimum absolute atomic E-state index is 0. The first-order valence-corrected chi connectivity index (χ1v) is 21.4. The molecule has 9 N–H and O–H groups in total. The predicted octanol–water partition coefficient (Wildman–Crippen LogP) is 4.00. The smallest absolute Gasteiger partial charge is 0.412 e. The van der Waals surface area contributed by atoms with Crippen LogP contribution in [0.4, 0.5) is 4.79 Å². The number of furan rings is 1. The van der Waals surface area contributed by atoms with Gasteiger partial charge in [-0.25, -0.2) is 4.79 Å². The number of benzene rings is 4. The van der Waals surface area contributed by atoms with E-state index in [1.807, 2.05) is 13.8 Å². The van der Waals surface area contributed by atoms with Crippen LogP contribution in [0.1, 0.15) is 54.3 Å². The van der Waals surface area contributed by atoms with E-state index >= 15 is 0 Å². The number of hydrogen-bond donors (Lipinski definition) is 5. The van der Waals surface area contributed by atoms with E-state index in [2.05, 4.69) is 14.8 Å². The van der Waals surface area contributed by atoms with Gasteiger partial charge in [0, 0.05) is 30.7 Å². The van der Waals surface area contributed by atoms with Crippen molar-refractivity contribution < 1.29 is 78.8 Å². The molecule has 1 amide bonds. The maximum absolute atomic E-state index is 12.7. The Morgan fingerprint density at radius 2 is 1.16 bits per heavy atom. The van der Waals surface area contributed by atoms with Crippen LogP contribution in [0.5, 0.6) is 11.5 Å². The van der Waals surface area contributed by atoms with Crippen LogP contribution in [-0.2, 0) is 44.1 Å². The van der Waals surface area contributed by atoms with Gasteiger partial charge in [0.2, 0.25) is 0 Å². The number of fused-ring (bicyclic) bond motifs is 2. The molecule has 0 unspecified atom stereocenters. The van der Waals surface area contributed by atoms with Crippen molar-refractivity contribution in [2.24, 2.45) is 11.5 Å². The summed E-state index contributed by atoms with van der Waals surface area (Å²) in [5.74, 6) is -2.16. The molecule has 0 bridgehead atoms. The first-order chi connectivity index (χ1) is 29.1. The molecule has 1 aromatic heterocycles. The van der Waals surface area contributed by atoms with Gasteiger partial charge in [0.05, 0.1) is 29.4 Å². The van der Waals surface area contributed by atoms with Crippen molar-refractivity contribution in [3.8, 4) is 11.5 Å². The lowest BCUT2D eigenvalue weighted by Crippen LogP contribution is -2.37. The van der Waals surface area contributed by atoms with Gasteiger partial charge in [-0.3, -0.25) is 28.3 Å². The molecule has 63 heavy (non-hydrogen) atoms. The summed E-state index contributed by atoms with van der Waals surface area (Å²) in [6.45, 7) is 5.00. The number of hydrogen-bond acceptors (Lipinski definition) is 16. The first-order valence-electron chi connectivity index (χ1n) is 18.5. The number of carbonyl (C=O) groups excluding carboxylic acids is 5. The van der Waals surface area contributed by atoms with Crippen LogP contribution in [0.15, 0.2) is 93.1 Å². The van der Waals surface area contributed by atoms with Crippen LogP contribution < -0.4 is 26.3 Å². The fraction of sp³-hybridized carbons (Fsp3) is 0.293. The van der Waals surface area contributed by atoms with Crippen LogP contribution in [0.25, 0.3) is 21.7 Å². The zero-order chi connectivity index (χ0) is 46.4. The standard InChI is InChI=1S/C27H31N3O10.2C7H8O3S.H2O/c1-14(31)20-13-17-22(40-27(35)30-12-11-19(29)26(34)37-3)15-7-4-5-8-16(15)23(24(17)38-20)39-21(32)10-6-9-18(28)25(33)36-2;2*1-6-2-4-7(5-3-6)11(8,9)10;/h4-5,7-8,13,18-19H,6,9-12,28-29H2,1-3H3,(H,30,35);2*2-5H,1H3,(H,8,9,10);1H2/t18-,19-;;;/m0.../s1. The Bertz CT molecular complexity index is 2440. The number of methoxy groups -OCH3 is 2. The van der Waals surface area contributed by atoms with Crippen molar-refractivity contribution in [2.75, 3.05) is 20.8 Å². The summed E-state index contributed by atoms with van der Waals surface area (Å²) in [5.41, 5.74) is 13.3. The highest BCUT2D eigenvalue weighted by Crippen LogP contribution is 2.44. The van der Waals surface area contributed by atoms with Gasteiger partial charge in [-0.2, -0.15) is 16.8 Å². The quantitative estimate of drug-likeness (QED) is 0.0455. The van der Waals surface area contributed by atoms with E-state index in [1.54, 1.807) is 48.5 Å². The molecule has 0 aliphatic carbocycles. The minimum Gasteiger partial charge on any atom is -0.468 e. The average Bonchev–Trinajstić information content (AvgIpc) is 3.67. The molecule has 0 radical (unpaired) electrons. The van der Waals surface area contributed by atoms with Crippen LogP contribution in [0.2, 0.25) is 0 Å². The van der Waals surface area contributed by atoms with Gasteiger partial charge in [0.15, 0.2) is 28.6 Å². The molecule has 22 heteroatoms. The van der Waals surface area contributed by atoms with Crippen LogP contribution >= 0.6 is 0 Å². The van der Waals surface area contributed by atoms with E-state index < -0.39 is 62.1 Å². The number of rotatable bonds is 14. The highest BCUT2D eigenvalue weighted by molar-refractivity contribution is 7.86. The lowest BCUT2D eigenvalue weighted by molar-refractivity contribution is -0.143. The minimum atomic E-state index is -4.02. The van der Waals surface area contributed by atoms with Crippen molar-refractivity contribution in [1.29, 1.82) is 0 Å². The van der Waals surface area contributed by atoms with Crippen molar-refractivity contribution in [3.05, 3.63) is 95.7 Å². The molecule has 0 fully saturated rings. The largest absolute Gasteiger partial charge is 0.468 e. The van der Waals surface area contributed by atoms with Gasteiger partial charge >= 0.3 is 24.0 Å². The fourth-order valence-corrected chi connectivity index (χ4v) is 6.27. The van der Waals surface area contributed by atoms with E-state index in [0.717, 1.165) is 11.1 Å². The third-order valence-electron chi connectivity index (χ3n) is 8.62. The molecule has 0 aliphatic heterocycles. The molecule has 2 atom stereocenters. The van der Waals surface area contributed by atoms with E-state index in [-0.39, 0.29) is 75.7 Å². The summed E-state index contributed by atoms with van der Waals surface area (Å²) in [4.78, 5) is 60.4. The number of nitrogens with one attached hydrogen (secondary N) is 1. The number of ether oxygens (including phenoxy) is 4. The molecule has 5 aromatic rings. The van der Waals surface area contributed by atoms with Crippen LogP contribution in [0.3, 0.4) is 0 Å². The molecule has 5 rings (SSSR count). The van der Waals surface area contributed by atoms with E-state index in [1.165, 1.54) is 51.5 Å². The van der Waals surface area contributed by atoms with E-state index in [0.29, 0.717) is 10.8 Å². The third kappa shape index (κ3) is 15.9. The molecule has 0 saturated heterocycles. The number of Topliss-reactive ketones (excluding diaryl/α,β-unsaturated/α-hetero) is 1. The van der Waals surface area contributed by atoms with Gasteiger partial charge in [0.1, 0.15) is 12.1 Å².